The maximum atomic E-state index is 15.0. The van der Waals surface area contributed by atoms with E-state index in [1.54, 1.807) is 31.2 Å². The van der Waals surface area contributed by atoms with Gasteiger partial charge in [0.2, 0.25) is 5.89 Å². The van der Waals surface area contributed by atoms with Crippen molar-refractivity contribution in [2.24, 2.45) is 0 Å². The van der Waals surface area contributed by atoms with Gasteiger partial charge in [-0.15, -0.1) is 0 Å². The fourth-order valence-corrected chi connectivity index (χ4v) is 4.81. The number of rotatable bonds is 6. The van der Waals surface area contributed by atoms with E-state index in [1.165, 1.54) is 45.0 Å². The number of methoxy groups -OCH3 is 2. The smallest absolute Gasteiger partial charge is 0.230 e. The third-order valence-corrected chi connectivity index (χ3v) is 7.88. The quantitative estimate of drug-likeness (QED) is 0.434. The van der Waals surface area contributed by atoms with E-state index in [9.17, 15) is 13.5 Å². The molecule has 11 heteroatoms. The van der Waals surface area contributed by atoms with Crippen LogP contribution < -0.4 is 9.47 Å². The lowest BCUT2D eigenvalue weighted by Crippen LogP contribution is -2.28. The molecule has 34 heavy (non-hydrogen) atoms. The second kappa shape index (κ2) is 8.41. The monoisotopic (exact) mass is 489 g/mol. The van der Waals surface area contributed by atoms with Crippen molar-refractivity contribution in [3.8, 4) is 34.2 Å². The van der Waals surface area contributed by atoms with Crippen LogP contribution in [0.25, 0.3) is 28.4 Å². The van der Waals surface area contributed by atoms with E-state index >= 15 is 4.39 Å². The van der Waals surface area contributed by atoms with Gasteiger partial charge in [-0.1, -0.05) is 0 Å². The molecular formula is C23H24FN3O6S. The first-order valence-electron chi connectivity index (χ1n) is 10.2. The number of pyridine rings is 1. The molecule has 9 nitrogen and oxygen atoms in total. The number of benzene rings is 1. The van der Waals surface area contributed by atoms with Gasteiger partial charge in [0.15, 0.2) is 21.4 Å². The lowest BCUT2D eigenvalue weighted by Gasteiger charge is -2.21. The van der Waals surface area contributed by atoms with Crippen LogP contribution in [-0.4, -0.2) is 46.9 Å². The first-order valence-corrected chi connectivity index (χ1v) is 11.7. The number of hydrogen-bond donors (Lipinski definition) is 1. The molecule has 0 saturated carbocycles. The molecule has 0 atom stereocenters. The van der Waals surface area contributed by atoms with Crippen LogP contribution in [0.5, 0.6) is 11.5 Å². The Kier molecular flexibility index (Phi) is 5.86. The molecular weight excluding hydrogens is 465 g/mol. The minimum Gasteiger partial charge on any atom is -0.495 e. The van der Waals surface area contributed by atoms with Crippen molar-refractivity contribution in [1.29, 1.82) is 0 Å². The lowest BCUT2D eigenvalue weighted by atomic mass is 10.1. The van der Waals surface area contributed by atoms with Gasteiger partial charge in [-0.25, -0.2) is 22.8 Å². The Morgan fingerprint density at radius 1 is 1.18 bits per heavy atom. The van der Waals surface area contributed by atoms with Gasteiger partial charge < -0.3 is 19.0 Å². The third-order valence-electron chi connectivity index (χ3n) is 5.38. The summed E-state index contributed by atoms with van der Waals surface area (Å²) in [4.78, 5) is 8.48. The van der Waals surface area contributed by atoms with E-state index in [0.29, 0.717) is 16.9 Å². The topological polar surface area (TPSA) is 116 Å². The number of aliphatic hydroxyl groups is 1. The highest BCUT2D eigenvalue weighted by Crippen LogP contribution is 2.38. The van der Waals surface area contributed by atoms with Crippen LogP contribution in [0, 0.1) is 5.82 Å². The van der Waals surface area contributed by atoms with E-state index in [2.05, 4.69) is 9.97 Å². The number of imidazole rings is 1. The SMILES string of the molecule is COc1cc2ncc(-c3cc(F)c(OC)c(-c4nc(CO)co4)c3)n2cc1S(=O)(=O)C(C)(C)C. The summed E-state index contributed by atoms with van der Waals surface area (Å²) in [7, 11) is -1.06. The van der Waals surface area contributed by atoms with E-state index < -0.39 is 20.4 Å². The number of fused-ring (bicyclic) bond motifs is 1. The zero-order chi connectivity index (χ0) is 24.8. The minimum absolute atomic E-state index is 0.0104. The number of ether oxygens (including phenoxy) is 2. The minimum atomic E-state index is -3.77. The van der Waals surface area contributed by atoms with Crippen LogP contribution in [0.4, 0.5) is 4.39 Å². The molecule has 0 aliphatic carbocycles. The zero-order valence-electron chi connectivity index (χ0n) is 19.3. The average molecular weight is 490 g/mol. The van der Waals surface area contributed by atoms with Gasteiger partial charge in [-0.3, -0.25) is 4.40 Å². The summed E-state index contributed by atoms with van der Waals surface area (Å²) in [6, 6.07) is 4.37. The van der Waals surface area contributed by atoms with E-state index in [0.717, 1.165) is 0 Å². The normalized spacial score (nSPS) is 12.3. The summed E-state index contributed by atoms with van der Waals surface area (Å²) in [6.45, 7) is 4.46. The van der Waals surface area contributed by atoms with Crippen LogP contribution in [-0.2, 0) is 16.4 Å². The van der Waals surface area contributed by atoms with Crippen molar-refractivity contribution in [2.75, 3.05) is 14.2 Å². The molecule has 0 aliphatic rings. The largest absolute Gasteiger partial charge is 0.495 e. The number of nitrogens with zero attached hydrogens (tertiary/aromatic N) is 3. The van der Waals surface area contributed by atoms with Gasteiger partial charge in [0.25, 0.3) is 0 Å². The standard InChI is InChI=1S/C23H24FN3O6S/c1-23(2,3)34(29,30)19-10-27-17(9-25-20(27)8-18(19)31-4)13-6-15(21(32-5)16(24)7-13)22-26-14(11-28)12-33-22/h6-10,12,28H,11H2,1-5H3. The van der Waals surface area contributed by atoms with Crippen LogP contribution >= 0.6 is 0 Å². The molecule has 0 amide bonds. The molecule has 0 bridgehead atoms. The number of oxazole rings is 1. The number of hydrogen-bond acceptors (Lipinski definition) is 8. The second-order valence-electron chi connectivity index (χ2n) is 8.53. The third kappa shape index (κ3) is 3.80. The van der Waals surface area contributed by atoms with Crippen LogP contribution in [0.15, 0.2) is 46.2 Å². The van der Waals surface area contributed by atoms with E-state index in [1.807, 2.05) is 0 Å². The van der Waals surface area contributed by atoms with Crippen LogP contribution in [0.2, 0.25) is 0 Å². The van der Waals surface area contributed by atoms with Crippen molar-refractivity contribution < 1.29 is 31.8 Å². The fourth-order valence-electron chi connectivity index (χ4n) is 3.50. The van der Waals surface area contributed by atoms with E-state index in [4.69, 9.17) is 13.9 Å². The van der Waals surface area contributed by atoms with Crippen molar-refractivity contribution in [3.63, 3.8) is 0 Å². The van der Waals surface area contributed by atoms with Gasteiger partial charge >= 0.3 is 0 Å². The molecule has 1 N–H and O–H groups in total. The Bertz CT molecular complexity index is 1480. The predicted molar refractivity (Wildman–Crippen MR) is 122 cm³/mol. The average Bonchev–Trinajstić information content (AvgIpc) is 3.43. The number of sulfone groups is 1. The number of aromatic nitrogens is 3. The van der Waals surface area contributed by atoms with Gasteiger partial charge in [0, 0.05) is 17.8 Å². The maximum Gasteiger partial charge on any atom is 0.230 e. The highest BCUT2D eigenvalue weighted by atomic mass is 32.2. The molecule has 3 heterocycles. The Morgan fingerprint density at radius 3 is 2.50 bits per heavy atom. The van der Waals surface area contributed by atoms with E-state index in [-0.39, 0.29) is 40.1 Å². The van der Waals surface area contributed by atoms with Crippen LogP contribution in [0.3, 0.4) is 0 Å². The molecule has 0 aliphatic heterocycles. The summed E-state index contributed by atoms with van der Waals surface area (Å²) in [6.07, 6.45) is 4.19. The van der Waals surface area contributed by atoms with Crippen molar-refractivity contribution in [1.82, 2.24) is 14.4 Å². The summed E-state index contributed by atoms with van der Waals surface area (Å²) >= 11 is 0. The molecule has 0 saturated heterocycles. The molecule has 180 valence electrons. The van der Waals surface area contributed by atoms with Crippen LogP contribution in [0.1, 0.15) is 26.5 Å². The highest BCUT2D eigenvalue weighted by Gasteiger charge is 2.34. The molecule has 0 radical (unpaired) electrons. The maximum absolute atomic E-state index is 15.0. The Hall–Kier alpha value is -3.44. The lowest BCUT2D eigenvalue weighted by molar-refractivity contribution is 0.276. The Balaban J connectivity index is 1.97. The number of halogens is 1. The number of aliphatic hydroxyl groups excluding tert-OH is 1. The summed E-state index contributed by atoms with van der Waals surface area (Å²) in [5.74, 6) is -0.531. The van der Waals surface area contributed by atoms with Gasteiger partial charge in [0.05, 0.1) is 43.0 Å². The first kappa shape index (κ1) is 23.7. The summed E-state index contributed by atoms with van der Waals surface area (Å²) in [5.41, 5.74) is 1.73. The Labute approximate surface area is 195 Å². The van der Waals surface area contributed by atoms with Gasteiger partial charge in [-0.2, -0.15) is 0 Å². The van der Waals surface area contributed by atoms with Crippen molar-refractivity contribution >= 4 is 15.5 Å². The summed E-state index contributed by atoms with van der Waals surface area (Å²) < 4.78 is 57.9. The molecule has 1 aromatic carbocycles. The molecule has 4 aromatic rings. The Morgan fingerprint density at radius 2 is 1.91 bits per heavy atom. The molecule has 0 unspecified atom stereocenters. The van der Waals surface area contributed by atoms with Crippen molar-refractivity contribution in [3.05, 3.63) is 48.4 Å². The first-order chi connectivity index (χ1) is 16.0. The molecule has 3 aromatic heterocycles. The van der Waals surface area contributed by atoms with Crippen molar-refractivity contribution in [2.45, 2.75) is 37.0 Å². The van der Waals surface area contributed by atoms with Gasteiger partial charge in [0.1, 0.15) is 28.2 Å². The molecule has 0 spiro atoms. The fraction of sp³-hybridized carbons (Fsp3) is 0.304. The van der Waals surface area contributed by atoms with Gasteiger partial charge in [-0.05, 0) is 32.9 Å². The predicted octanol–water partition coefficient (Wildman–Crippen LogP) is 3.88. The summed E-state index contributed by atoms with van der Waals surface area (Å²) in [5, 5.41) is 9.29. The molecule has 4 rings (SSSR count). The second-order valence-corrected chi connectivity index (χ2v) is 11.2. The highest BCUT2D eigenvalue weighted by molar-refractivity contribution is 7.92. The molecule has 0 fully saturated rings. The zero-order valence-corrected chi connectivity index (χ0v) is 20.1.